The molecule has 2 heteroatoms. The first-order chi connectivity index (χ1) is 9.17. The van der Waals surface area contributed by atoms with Crippen LogP contribution in [0, 0.1) is 0 Å². The predicted octanol–water partition coefficient (Wildman–Crippen LogP) is 3.14. The average Bonchev–Trinajstić information content (AvgIpc) is 2.61. The maximum absolute atomic E-state index is 11.0. The Hall–Kier alpha value is -1.38. The number of hydrogen-bond acceptors (Lipinski definition) is 2. The van der Waals surface area contributed by atoms with Crippen LogP contribution in [0.4, 0.5) is 0 Å². The Morgan fingerprint density at radius 1 is 1.00 bits per heavy atom. The van der Waals surface area contributed by atoms with Crippen molar-refractivity contribution < 1.29 is 5.11 Å². The van der Waals surface area contributed by atoms with Gasteiger partial charge >= 0.3 is 0 Å². The number of fused-ring (bicyclic) bond motifs is 1. The molecule has 19 heavy (non-hydrogen) atoms. The van der Waals surface area contributed by atoms with Gasteiger partial charge in [-0.1, -0.05) is 36.4 Å². The Labute approximate surface area is 114 Å². The molecular weight excluding hydrogens is 234 g/mol. The second-order valence-corrected chi connectivity index (χ2v) is 5.75. The van der Waals surface area contributed by atoms with Gasteiger partial charge in [0.05, 0.1) is 5.60 Å². The van der Waals surface area contributed by atoms with Crippen molar-refractivity contribution in [2.75, 3.05) is 20.1 Å². The van der Waals surface area contributed by atoms with Crippen molar-refractivity contribution in [3.05, 3.63) is 48.0 Å². The predicted molar refractivity (Wildman–Crippen MR) is 79.2 cm³/mol. The number of likely N-dealkylation sites (tertiary alicyclic amines) is 1. The van der Waals surface area contributed by atoms with E-state index < -0.39 is 5.60 Å². The number of benzene rings is 2. The third kappa shape index (κ3) is 2.51. The summed E-state index contributed by atoms with van der Waals surface area (Å²) in [4.78, 5) is 2.30. The van der Waals surface area contributed by atoms with Crippen LogP contribution < -0.4 is 0 Å². The second-order valence-electron chi connectivity index (χ2n) is 5.75. The van der Waals surface area contributed by atoms with E-state index in [1.165, 1.54) is 10.8 Å². The first-order valence-electron chi connectivity index (χ1n) is 7.08. The van der Waals surface area contributed by atoms with E-state index in [4.69, 9.17) is 0 Å². The van der Waals surface area contributed by atoms with Gasteiger partial charge < -0.3 is 10.0 Å². The summed E-state index contributed by atoms with van der Waals surface area (Å²) < 4.78 is 0. The van der Waals surface area contributed by atoms with Gasteiger partial charge in [-0.25, -0.2) is 0 Å². The van der Waals surface area contributed by atoms with Crippen LogP contribution in [0.5, 0.6) is 0 Å². The third-order valence-electron chi connectivity index (χ3n) is 4.32. The number of rotatable bonds is 1. The zero-order chi connectivity index (χ0) is 13.3. The number of hydrogen-bond donors (Lipinski definition) is 1. The van der Waals surface area contributed by atoms with Crippen LogP contribution in [0.1, 0.15) is 24.8 Å². The minimum atomic E-state index is -0.658. The molecule has 0 spiro atoms. The van der Waals surface area contributed by atoms with Gasteiger partial charge in [0.2, 0.25) is 0 Å². The molecule has 1 N–H and O–H groups in total. The van der Waals surface area contributed by atoms with Crippen molar-refractivity contribution >= 4 is 10.8 Å². The minimum absolute atomic E-state index is 0.658. The van der Waals surface area contributed by atoms with Gasteiger partial charge in [0, 0.05) is 6.54 Å². The molecule has 1 saturated heterocycles. The Morgan fingerprint density at radius 3 is 2.63 bits per heavy atom. The lowest BCUT2D eigenvalue weighted by Crippen LogP contribution is -2.27. The van der Waals surface area contributed by atoms with Crippen molar-refractivity contribution in [2.24, 2.45) is 0 Å². The lowest BCUT2D eigenvalue weighted by Gasteiger charge is -2.27. The van der Waals surface area contributed by atoms with E-state index in [9.17, 15) is 5.11 Å². The normalized spacial score (nSPS) is 25.4. The summed E-state index contributed by atoms with van der Waals surface area (Å²) in [5.41, 5.74) is 0.413. The molecule has 1 fully saturated rings. The van der Waals surface area contributed by atoms with E-state index in [2.05, 4.69) is 54.4 Å². The molecule has 1 heterocycles. The van der Waals surface area contributed by atoms with Crippen LogP contribution >= 0.6 is 0 Å². The molecule has 0 aliphatic carbocycles. The molecule has 1 unspecified atom stereocenters. The quantitative estimate of drug-likeness (QED) is 0.846. The highest BCUT2D eigenvalue weighted by molar-refractivity contribution is 5.83. The summed E-state index contributed by atoms with van der Waals surface area (Å²) in [6, 6.07) is 14.7. The smallest absolute Gasteiger partial charge is 0.0909 e. The molecule has 0 amide bonds. The van der Waals surface area contributed by atoms with Crippen LogP contribution in [0.3, 0.4) is 0 Å². The zero-order valence-corrected chi connectivity index (χ0v) is 11.5. The van der Waals surface area contributed by atoms with Gasteiger partial charge in [-0.05, 0) is 55.3 Å². The standard InChI is InChI=1S/C17H21NO/c1-18-11-4-9-17(19,10-12-18)16-8-7-14-5-2-3-6-15(14)13-16/h2-3,5-8,13,19H,4,9-12H2,1H3. The molecule has 0 bridgehead atoms. The molecule has 2 aromatic rings. The Morgan fingerprint density at radius 2 is 1.79 bits per heavy atom. The van der Waals surface area contributed by atoms with Crippen molar-refractivity contribution in [2.45, 2.75) is 24.9 Å². The molecule has 0 aromatic heterocycles. The van der Waals surface area contributed by atoms with Crippen LogP contribution in [0.2, 0.25) is 0 Å². The van der Waals surface area contributed by atoms with E-state index in [0.717, 1.165) is 37.9 Å². The zero-order valence-electron chi connectivity index (χ0n) is 11.5. The van der Waals surface area contributed by atoms with E-state index in [0.29, 0.717) is 0 Å². The summed E-state index contributed by atoms with van der Waals surface area (Å²) in [7, 11) is 2.13. The maximum Gasteiger partial charge on any atom is 0.0909 e. The van der Waals surface area contributed by atoms with Gasteiger partial charge in [0.25, 0.3) is 0 Å². The molecule has 2 nitrogen and oxygen atoms in total. The largest absolute Gasteiger partial charge is 0.385 e. The van der Waals surface area contributed by atoms with E-state index in [1.807, 2.05) is 0 Å². The van der Waals surface area contributed by atoms with E-state index in [1.54, 1.807) is 0 Å². The fraction of sp³-hybridized carbons (Fsp3) is 0.412. The SMILES string of the molecule is CN1CCCC(O)(c2ccc3ccccc3c2)CC1. The summed E-state index contributed by atoms with van der Waals surface area (Å²) in [5.74, 6) is 0. The van der Waals surface area contributed by atoms with Crippen LogP contribution in [-0.2, 0) is 5.60 Å². The molecule has 3 rings (SSSR count). The fourth-order valence-corrected chi connectivity index (χ4v) is 3.02. The van der Waals surface area contributed by atoms with E-state index in [-0.39, 0.29) is 0 Å². The highest BCUT2D eigenvalue weighted by Crippen LogP contribution is 2.34. The minimum Gasteiger partial charge on any atom is -0.385 e. The third-order valence-corrected chi connectivity index (χ3v) is 4.32. The number of aliphatic hydroxyl groups is 1. The highest BCUT2D eigenvalue weighted by Gasteiger charge is 2.31. The van der Waals surface area contributed by atoms with Gasteiger partial charge in [-0.15, -0.1) is 0 Å². The lowest BCUT2D eigenvalue weighted by molar-refractivity contribution is 0.0220. The lowest BCUT2D eigenvalue weighted by atomic mass is 9.86. The number of nitrogens with zero attached hydrogens (tertiary/aromatic N) is 1. The van der Waals surface area contributed by atoms with Crippen LogP contribution in [0.25, 0.3) is 10.8 Å². The monoisotopic (exact) mass is 255 g/mol. The van der Waals surface area contributed by atoms with Crippen molar-refractivity contribution in [1.29, 1.82) is 0 Å². The first kappa shape index (κ1) is 12.6. The van der Waals surface area contributed by atoms with Crippen molar-refractivity contribution in [3.63, 3.8) is 0 Å². The van der Waals surface area contributed by atoms with Crippen LogP contribution in [0.15, 0.2) is 42.5 Å². The molecule has 1 aliphatic rings. The van der Waals surface area contributed by atoms with Gasteiger partial charge in [0.15, 0.2) is 0 Å². The molecule has 1 aliphatic heterocycles. The highest BCUT2D eigenvalue weighted by atomic mass is 16.3. The van der Waals surface area contributed by atoms with Crippen molar-refractivity contribution in [1.82, 2.24) is 4.90 Å². The Bertz CT molecular complexity index is 580. The van der Waals surface area contributed by atoms with E-state index >= 15 is 0 Å². The van der Waals surface area contributed by atoms with Gasteiger partial charge in [-0.2, -0.15) is 0 Å². The fourth-order valence-electron chi connectivity index (χ4n) is 3.02. The van der Waals surface area contributed by atoms with Gasteiger partial charge in [0.1, 0.15) is 0 Å². The average molecular weight is 255 g/mol. The molecule has 0 radical (unpaired) electrons. The molecule has 1 atom stereocenters. The molecule has 2 aromatic carbocycles. The van der Waals surface area contributed by atoms with Crippen molar-refractivity contribution in [3.8, 4) is 0 Å². The summed E-state index contributed by atoms with van der Waals surface area (Å²) in [6.45, 7) is 2.04. The molecular formula is C17H21NO. The maximum atomic E-state index is 11.0. The Kier molecular flexibility index (Phi) is 3.29. The summed E-state index contributed by atoms with van der Waals surface area (Å²) >= 11 is 0. The second kappa shape index (κ2) is 4.95. The van der Waals surface area contributed by atoms with Gasteiger partial charge in [-0.3, -0.25) is 0 Å². The first-order valence-corrected chi connectivity index (χ1v) is 7.08. The summed E-state index contributed by atoms with van der Waals surface area (Å²) in [5, 5.41) is 13.4. The molecule has 100 valence electrons. The Balaban J connectivity index is 1.97. The van der Waals surface area contributed by atoms with Crippen LogP contribution in [-0.4, -0.2) is 30.1 Å². The summed E-state index contributed by atoms with van der Waals surface area (Å²) in [6.07, 6.45) is 2.73. The molecule has 0 saturated carbocycles. The topological polar surface area (TPSA) is 23.5 Å².